The molecule has 0 aliphatic rings. The van der Waals surface area contributed by atoms with Crippen LogP contribution in [-0.2, 0) is 10.0 Å². The number of amides is 1. The molecule has 1 heterocycles. The molecule has 0 bridgehead atoms. The first kappa shape index (κ1) is 17.8. The number of carbonyl (C=O) groups excluding carboxylic acids is 1. The first-order chi connectivity index (χ1) is 12.2. The van der Waals surface area contributed by atoms with Gasteiger partial charge in [-0.2, -0.15) is 5.10 Å². The van der Waals surface area contributed by atoms with Crippen LogP contribution in [-0.4, -0.2) is 29.5 Å². The van der Waals surface area contributed by atoms with E-state index in [4.69, 9.17) is 5.14 Å². The number of hydrogen-bond donors (Lipinski definition) is 3. The zero-order valence-corrected chi connectivity index (χ0v) is 15.0. The van der Waals surface area contributed by atoms with Crippen LogP contribution in [0.5, 0.6) is 0 Å². The smallest absolute Gasteiger partial charge is 0.255 e. The lowest BCUT2D eigenvalue weighted by atomic mass is 10.1. The maximum atomic E-state index is 12.5. The van der Waals surface area contributed by atoms with Crippen LogP contribution in [0.15, 0.2) is 47.4 Å². The number of benzene rings is 2. The summed E-state index contributed by atoms with van der Waals surface area (Å²) in [5.41, 5.74) is 2.25. The maximum absolute atomic E-state index is 12.5. The van der Waals surface area contributed by atoms with Gasteiger partial charge in [0.2, 0.25) is 10.0 Å². The van der Waals surface area contributed by atoms with Gasteiger partial charge in [0.15, 0.2) is 5.82 Å². The average Bonchev–Trinajstić information content (AvgIpc) is 3.01. The Balaban J connectivity index is 1.82. The molecule has 0 aliphatic carbocycles. The van der Waals surface area contributed by atoms with Gasteiger partial charge in [-0.05, 0) is 55.8 Å². The normalized spacial score (nSPS) is 11.3. The highest BCUT2D eigenvalue weighted by molar-refractivity contribution is 7.89. The molecule has 3 aromatic rings. The number of sulfonamides is 1. The fourth-order valence-corrected chi connectivity index (χ4v) is 2.94. The first-order valence-corrected chi connectivity index (χ1v) is 9.23. The number of nitrogens with zero attached hydrogens (tertiary/aromatic N) is 2. The van der Waals surface area contributed by atoms with Crippen molar-refractivity contribution < 1.29 is 13.2 Å². The van der Waals surface area contributed by atoms with Crippen molar-refractivity contribution in [2.24, 2.45) is 5.14 Å². The summed E-state index contributed by atoms with van der Waals surface area (Å²) in [5.74, 6) is 0.856. The second-order valence-corrected chi connectivity index (χ2v) is 7.36. The number of H-pyrrole nitrogens is 1. The van der Waals surface area contributed by atoms with Crippen LogP contribution in [0.4, 0.5) is 5.69 Å². The molecule has 0 saturated heterocycles. The zero-order chi connectivity index (χ0) is 18.9. The highest BCUT2D eigenvalue weighted by Crippen LogP contribution is 2.20. The van der Waals surface area contributed by atoms with Gasteiger partial charge < -0.3 is 5.32 Å². The highest BCUT2D eigenvalue weighted by Gasteiger charge is 2.15. The molecule has 1 aromatic heterocycles. The second-order valence-electron chi connectivity index (χ2n) is 5.80. The minimum Gasteiger partial charge on any atom is -0.322 e. The Labute approximate surface area is 150 Å². The molecule has 2 aromatic carbocycles. The number of hydrogen-bond acceptors (Lipinski definition) is 5. The van der Waals surface area contributed by atoms with Crippen molar-refractivity contribution in [2.45, 2.75) is 18.7 Å². The molecule has 9 heteroatoms. The summed E-state index contributed by atoms with van der Waals surface area (Å²) >= 11 is 0. The third kappa shape index (κ3) is 3.79. The van der Waals surface area contributed by atoms with Gasteiger partial charge in [0.1, 0.15) is 5.82 Å². The summed E-state index contributed by atoms with van der Waals surface area (Å²) < 4.78 is 23.0. The summed E-state index contributed by atoms with van der Waals surface area (Å²) in [4.78, 5) is 16.6. The van der Waals surface area contributed by atoms with E-state index in [1.807, 2.05) is 6.92 Å². The molecule has 0 radical (unpaired) electrons. The fraction of sp³-hybridized carbons (Fsp3) is 0.118. The van der Waals surface area contributed by atoms with Crippen molar-refractivity contribution in [2.75, 3.05) is 5.32 Å². The third-order valence-electron chi connectivity index (χ3n) is 3.78. The number of aromatic nitrogens is 3. The van der Waals surface area contributed by atoms with Gasteiger partial charge in [-0.3, -0.25) is 9.89 Å². The van der Waals surface area contributed by atoms with Gasteiger partial charge in [0.25, 0.3) is 5.91 Å². The average molecular weight is 371 g/mol. The van der Waals surface area contributed by atoms with Crippen LogP contribution >= 0.6 is 0 Å². The van der Waals surface area contributed by atoms with Crippen LogP contribution in [0.1, 0.15) is 21.7 Å². The molecule has 26 heavy (non-hydrogen) atoms. The molecule has 134 valence electrons. The van der Waals surface area contributed by atoms with Crippen molar-refractivity contribution in [3.63, 3.8) is 0 Å². The number of primary sulfonamides is 1. The van der Waals surface area contributed by atoms with Crippen molar-refractivity contribution in [3.05, 3.63) is 59.4 Å². The van der Waals surface area contributed by atoms with Crippen LogP contribution < -0.4 is 10.5 Å². The predicted molar refractivity (Wildman–Crippen MR) is 97.1 cm³/mol. The van der Waals surface area contributed by atoms with E-state index in [0.717, 1.165) is 5.56 Å². The second kappa shape index (κ2) is 6.70. The Kier molecular flexibility index (Phi) is 4.58. The van der Waals surface area contributed by atoms with Gasteiger partial charge in [-0.25, -0.2) is 18.5 Å². The van der Waals surface area contributed by atoms with E-state index in [0.29, 0.717) is 22.9 Å². The lowest BCUT2D eigenvalue weighted by Gasteiger charge is -2.09. The molecule has 0 fully saturated rings. The lowest BCUT2D eigenvalue weighted by Crippen LogP contribution is -2.17. The molecule has 0 unspecified atom stereocenters. The quantitative estimate of drug-likeness (QED) is 0.645. The van der Waals surface area contributed by atoms with E-state index in [1.54, 1.807) is 37.3 Å². The summed E-state index contributed by atoms with van der Waals surface area (Å²) in [6.45, 7) is 3.53. The Morgan fingerprint density at radius 3 is 2.38 bits per heavy atom. The number of nitrogens with two attached hydrogens (primary N) is 1. The fourth-order valence-electron chi connectivity index (χ4n) is 2.40. The molecule has 8 nitrogen and oxygen atoms in total. The van der Waals surface area contributed by atoms with Crippen molar-refractivity contribution >= 4 is 21.6 Å². The largest absolute Gasteiger partial charge is 0.322 e. The first-order valence-electron chi connectivity index (χ1n) is 7.68. The number of aromatic amines is 1. The standard InChI is InChI=1S/C17H17N5O3S/c1-10-3-8-14(26(18,24)25)9-15(10)17(23)20-13-6-4-12(5-7-13)16-19-11(2)21-22-16/h3-9H,1-2H3,(H,20,23)(H2,18,24,25)(H,19,21,22). The predicted octanol–water partition coefficient (Wildman–Crippen LogP) is 1.99. The van der Waals surface area contributed by atoms with E-state index in [1.165, 1.54) is 12.1 Å². The molecule has 0 aliphatic heterocycles. The third-order valence-corrected chi connectivity index (χ3v) is 4.69. The topological polar surface area (TPSA) is 131 Å². The van der Waals surface area contributed by atoms with Gasteiger partial charge >= 0.3 is 0 Å². The molecule has 0 atom stereocenters. The number of anilines is 1. The summed E-state index contributed by atoms with van der Waals surface area (Å²) in [6, 6.07) is 11.2. The molecule has 0 spiro atoms. The van der Waals surface area contributed by atoms with Crippen LogP contribution in [0, 0.1) is 13.8 Å². The van der Waals surface area contributed by atoms with E-state index >= 15 is 0 Å². The molecule has 4 N–H and O–H groups in total. The number of rotatable bonds is 4. The molecular formula is C17H17N5O3S. The summed E-state index contributed by atoms with van der Waals surface area (Å²) in [7, 11) is -3.88. The number of carbonyl (C=O) groups is 1. The minimum atomic E-state index is -3.88. The molecule has 3 rings (SSSR count). The van der Waals surface area contributed by atoms with Crippen molar-refractivity contribution in [3.8, 4) is 11.4 Å². The van der Waals surface area contributed by atoms with Gasteiger partial charge in [-0.1, -0.05) is 6.07 Å². The van der Waals surface area contributed by atoms with Crippen LogP contribution in [0.25, 0.3) is 11.4 Å². The summed E-state index contributed by atoms with van der Waals surface area (Å²) in [5, 5.41) is 14.7. The molecular weight excluding hydrogens is 354 g/mol. The molecule has 0 saturated carbocycles. The SMILES string of the molecule is Cc1nc(-c2ccc(NC(=O)c3cc(S(N)(=O)=O)ccc3C)cc2)n[nH]1. The van der Waals surface area contributed by atoms with E-state index in [-0.39, 0.29) is 10.5 Å². The van der Waals surface area contributed by atoms with Crippen molar-refractivity contribution in [1.82, 2.24) is 15.2 Å². The Morgan fingerprint density at radius 1 is 1.12 bits per heavy atom. The van der Waals surface area contributed by atoms with Crippen LogP contribution in [0.2, 0.25) is 0 Å². The number of aryl methyl sites for hydroxylation is 2. The Bertz CT molecular complexity index is 1070. The lowest BCUT2D eigenvalue weighted by molar-refractivity contribution is 0.102. The maximum Gasteiger partial charge on any atom is 0.255 e. The van der Waals surface area contributed by atoms with Gasteiger partial charge in [0.05, 0.1) is 4.90 Å². The van der Waals surface area contributed by atoms with E-state index in [2.05, 4.69) is 20.5 Å². The van der Waals surface area contributed by atoms with Crippen molar-refractivity contribution in [1.29, 1.82) is 0 Å². The molecule has 1 amide bonds. The highest BCUT2D eigenvalue weighted by atomic mass is 32.2. The summed E-state index contributed by atoms with van der Waals surface area (Å²) in [6.07, 6.45) is 0. The Morgan fingerprint density at radius 2 is 1.81 bits per heavy atom. The zero-order valence-electron chi connectivity index (χ0n) is 14.1. The Hall–Kier alpha value is -3.04. The monoisotopic (exact) mass is 371 g/mol. The van der Waals surface area contributed by atoms with E-state index in [9.17, 15) is 13.2 Å². The van der Waals surface area contributed by atoms with Gasteiger partial charge in [-0.15, -0.1) is 0 Å². The number of nitrogens with one attached hydrogen (secondary N) is 2. The minimum absolute atomic E-state index is 0.108. The van der Waals surface area contributed by atoms with E-state index < -0.39 is 15.9 Å². The van der Waals surface area contributed by atoms with Gasteiger partial charge in [0, 0.05) is 16.8 Å². The van der Waals surface area contributed by atoms with Crippen LogP contribution in [0.3, 0.4) is 0 Å².